The van der Waals surface area contributed by atoms with Gasteiger partial charge in [0.25, 0.3) is 0 Å². The third-order valence-electron chi connectivity index (χ3n) is 3.04. The average molecular weight is 331 g/mol. The Hall–Kier alpha value is -0.820. The van der Waals surface area contributed by atoms with E-state index in [2.05, 4.69) is 33.4 Å². The van der Waals surface area contributed by atoms with E-state index in [1.807, 2.05) is 12.1 Å². The van der Waals surface area contributed by atoms with Crippen molar-refractivity contribution in [1.82, 2.24) is 10.4 Å². The van der Waals surface area contributed by atoms with Crippen LogP contribution in [0.5, 0.6) is 11.5 Å². The third kappa shape index (κ3) is 3.60. The molecule has 0 aromatic heterocycles. The first-order chi connectivity index (χ1) is 9.13. The number of halogens is 1. The smallest absolute Gasteiger partial charge is 0.166 e. The lowest BCUT2D eigenvalue weighted by molar-refractivity contribution is 0.0347. The molecule has 1 aromatic carbocycles. The van der Waals surface area contributed by atoms with Crippen LogP contribution in [-0.4, -0.2) is 45.4 Å². The molecular formula is C13H19BrN2O3. The molecule has 5 nitrogen and oxygen atoms in total. The fraction of sp³-hybridized carbons (Fsp3) is 0.538. The highest BCUT2D eigenvalue weighted by Crippen LogP contribution is 2.36. The van der Waals surface area contributed by atoms with E-state index < -0.39 is 0 Å². The predicted octanol–water partition coefficient (Wildman–Crippen LogP) is 1.80. The zero-order valence-corrected chi connectivity index (χ0v) is 13.0. The van der Waals surface area contributed by atoms with Gasteiger partial charge in [-0.2, -0.15) is 5.48 Å². The topological polar surface area (TPSA) is 43.0 Å². The second kappa shape index (κ2) is 6.56. The molecule has 1 fully saturated rings. The number of nitrogens with zero attached hydrogens (tertiary/aromatic N) is 1. The molecule has 0 atom stereocenters. The van der Waals surface area contributed by atoms with Crippen molar-refractivity contribution in [3.05, 3.63) is 22.2 Å². The SMILES string of the molecule is CONCc1cc(Br)cc(OC)c1OC1CN(C)C1. The second-order valence-corrected chi connectivity index (χ2v) is 5.50. The third-order valence-corrected chi connectivity index (χ3v) is 3.50. The van der Waals surface area contributed by atoms with Crippen LogP contribution in [0.15, 0.2) is 16.6 Å². The zero-order valence-electron chi connectivity index (χ0n) is 11.4. The van der Waals surface area contributed by atoms with Crippen LogP contribution in [0.2, 0.25) is 0 Å². The summed E-state index contributed by atoms with van der Waals surface area (Å²) < 4.78 is 12.4. The van der Waals surface area contributed by atoms with Crippen molar-refractivity contribution in [2.45, 2.75) is 12.6 Å². The molecule has 1 saturated heterocycles. The summed E-state index contributed by atoms with van der Waals surface area (Å²) in [6, 6.07) is 3.92. The number of rotatable bonds is 6. The Labute approximate surface area is 121 Å². The van der Waals surface area contributed by atoms with Crippen LogP contribution in [-0.2, 0) is 11.4 Å². The van der Waals surface area contributed by atoms with Crippen molar-refractivity contribution < 1.29 is 14.3 Å². The molecular weight excluding hydrogens is 312 g/mol. The van der Waals surface area contributed by atoms with E-state index in [1.54, 1.807) is 14.2 Å². The fourth-order valence-corrected chi connectivity index (χ4v) is 2.56. The highest BCUT2D eigenvalue weighted by atomic mass is 79.9. The Balaban J connectivity index is 2.20. The second-order valence-electron chi connectivity index (χ2n) is 4.58. The van der Waals surface area contributed by atoms with Crippen LogP contribution in [0.4, 0.5) is 0 Å². The van der Waals surface area contributed by atoms with Gasteiger partial charge < -0.3 is 14.3 Å². The summed E-state index contributed by atoms with van der Waals surface area (Å²) in [7, 11) is 5.32. The van der Waals surface area contributed by atoms with Gasteiger partial charge in [-0.1, -0.05) is 15.9 Å². The van der Waals surface area contributed by atoms with Gasteiger partial charge in [0.15, 0.2) is 11.5 Å². The molecule has 1 heterocycles. The largest absolute Gasteiger partial charge is 0.493 e. The maximum Gasteiger partial charge on any atom is 0.166 e. The Bertz CT molecular complexity index is 436. The van der Waals surface area contributed by atoms with Crippen LogP contribution < -0.4 is 15.0 Å². The van der Waals surface area contributed by atoms with Crippen molar-refractivity contribution in [1.29, 1.82) is 0 Å². The minimum atomic E-state index is 0.223. The van der Waals surface area contributed by atoms with Crippen LogP contribution >= 0.6 is 15.9 Å². The van der Waals surface area contributed by atoms with Crippen LogP contribution in [0, 0.1) is 0 Å². The van der Waals surface area contributed by atoms with E-state index in [-0.39, 0.29) is 6.10 Å². The van der Waals surface area contributed by atoms with Gasteiger partial charge in [-0.3, -0.25) is 4.90 Å². The maximum absolute atomic E-state index is 6.04. The summed E-state index contributed by atoms with van der Waals surface area (Å²) in [5, 5.41) is 0. The van der Waals surface area contributed by atoms with Gasteiger partial charge in [0.1, 0.15) is 6.10 Å². The molecule has 0 bridgehead atoms. The molecule has 6 heteroatoms. The maximum atomic E-state index is 6.04. The fourth-order valence-electron chi connectivity index (χ4n) is 2.07. The van der Waals surface area contributed by atoms with Gasteiger partial charge in [-0.15, -0.1) is 0 Å². The van der Waals surface area contributed by atoms with Gasteiger partial charge in [-0.25, -0.2) is 0 Å². The summed E-state index contributed by atoms with van der Waals surface area (Å²) in [5.41, 5.74) is 3.84. The van der Waals surface area contributed by atoms with Gasteiger partial charge in [0.2, 0.25) is 0 Å². The van der Waals surface area contributed by atoms with Crippen LogP contribution in [0.3, 0.4) is 0 Å². The summed E-state index contributed by atoms with van der Waals surface area (Å²) >= 11 is 3.47. The van der Waals surface area contributed by atoms with Crippen LogP contribution in [0.1, 0.15) is 5.56 Å². The van der Waals surface area contributed by atoms with Crippen LogP contribution in [0.25, 0.3) is 0 Å². The minimum Gasteiger partial charge on any atom is -0.493 e. The lowest BCUT2D eigenvalue weighted by atomic mass is 10.1. The van der Waals surface area contributed by atoms with E-state index in [1.165, 1.54) is 0 Å². The molecule has 0 amide bonds. The van der Waals surface area contributed by atoms with E-state index >= 15 is 0 Å². The molecule has 0 radical (unpaired) electrons. The van der Waals surface area contributed by atoms with Gasteiger partial charge in [-0.05, 0) is 19.2 Å². The Kier molecular flexibility index (Phi) is 5.04. The van der Waals surface area contributed by atoms with Crippen molar-refractivity contribution in [2.75, 3.05) is 34.4 Å². The first-order valence-electron chi connectivity index (χ1n) is 6.11. The number of likely N-dealkylation sites (N-methyl/N-ethyl adjacent to an activating group) is 1. The molecule has 0 aliphatic carbocycles. The quantitative estimate of drug-likeness (QED) is 0.806. The highest BCUT2D eigenvalue weighted by molar-refractivity contribution is 9.10. The van der Waals surface area contributed by atoms with E-state index in [0.717, 1.165) is 34.6 Å². The van der Waals surface area contributed by atoms with Crippen molar-refractivity contribution in [2.24, 2.45) is 0 Å². The number of likely N-dealkylation sites (tertiary alicyclic amines) is 1. The standard InChI is InChI=1S/C13H19BrN2O3/c1-16-7-11(8-16)19-13-9(6-15-18-3)4-10(14)5-12(13)17-2/h4-5,11,15H,6-8H2,1-3H3. The number of methoxy groups -OCH3 is 1. The Morgan fingerprint density at radius 3 is 2.68 bits per heavy atom. The molecule has 2 rings (SSSR count). The van der Waals surface area contributed by atoms with E-state index in [9.17, 15) is 0 Å². The van der Waals surface area contributed by atoms with E-state index in [4.69, 9.17) is 14.3 Å². The predicted molar refractivity (Wildman–Crippen MR) is 76.5 cm³/mol. The van der Waals surface area contributed by atoms with Gasteiger partial charge >= 0.3 is 0 Å². The zero-order chi connectivity index (χ0) is 13.8. The minimum absolute atomic E-state index is 0.223. The lowest BCUT2D eigenvalue weighted by Crippen LogP contribution is -2.51. The summed E-state index contributed by atoms with van der Waals surface area (Å²) in [5.74, 6) is 1.52. The highest BCUT2D eigenvalue weighted by Gasteiger charge is 2.27. The average Bonchev–Trinajstić information content (AvgIpc) is 2.36. The van der Waals surface area contributed by atoms with Crippen molar-refractivity contribution in [3.8, 4) is 11.5 Å². The first-order valence-corrected chi connectivity index (χ1v) is 6.90. The molecule has 19 heavy (non-hydrogen) atoms. The van der Waals surface area contributed by atoms with Gasteiger partial charge in [0.05, 0.1) is 14.2 Å². The Morgan fingerprint density at radius 1 is 1.37 bits per heavy atom. The normalized spacial score (nSPS) is 16.2. The molecule has 0 unspecified atom stereocenters. The molecule has 1 N–H and O–H groups in total. The summed E-state index contributed by atoms with van der Waals surface area (Å²) in [4.78, 5) is 7.12. The number of hydroxylamine groups is 1. The molecule has 1 aliphatic heterocycles. The number of nitrogens with one attached hydrogen (secondary N) is 1. The molecule has 1 aliphatic rings. The van der Waals surface area contributed by atoms with E-state index in [0.29, 0.717) is 6.54 Å². The van der Waals surface area contributed by atoms with Crippen molar-refractivity contribution >= 4 is 15.9 Å². The Morgan fingerprint density at radius 2 is 2.11 bits per heavy atom. The number of hydrogen-bond acceptors (Lipinski definition) is 5. The van der Waals surface area contributed by atoms with Gasteiger partial charge in [0, 0.05) is 29.7 Å². The number of ether oxygens (including phenoxy) is 2. The molecule has 0 spiro atoms. The molecule has 0 saturated carbocycles. The molecule has 106 valence electrons. The summed E-state index contributed by atoms with van der Waals surface area (Å²) in [6.07, 6.45) is 0.223. The lowest BCUT2D eigenvalue weighted by Gasteiger charge is -2.36. The summed E-state index contributed by atoms with van der Waals surface area (Å²) in [6.45, 7) is 2.44. The molecule has 1 aromatic rings. The number of benzene rings is 1. The first kappa shape index (κ1) is 14.6. The number of hydrogen-bond donors (Lipinski definition) is 1. The monoisotopic (exact) mass is 330 g/mol. The van der Waals surface area contributed by atoms with Crippen molar-refractivity contribution in [3.63, 3.8) is 0 Å².